The SMILES string of the molecule is c1ccc(-c2ccc3c(c2)c2ccccc2n3-c2cccc3c2oc2cccc(-c4cc(-c5ccccc5)nc(-c5ccccc5)n4)c23)cc1. The van der Waals surface area contributed by atoms with E-state index < -0.39 is 0 Å². The van der Waals surface area contributed by atoms with Crippen LogP contribution in [0.3, 0.4) is 0 Å². The standard InChI is InChI=1S/C46H29N3O/c1-4-14-30(15-5-1)33-26-27-41-37(28-33)34-20-10-11-23-40(34)49(41)42-24-12-22-36-44-35(21-13-25-43(44)50-45(36)42)39-29-38(31-16-6-2-7-17-31)47-46(48-39)32-18-8-3-9-19-32/h1-29H. The number of aromatic nitrogens is 3. The summed E-state index contributed by atoms with van der Waals surface area (Å²) in [6, 6.07) is 61.2. The first-order valence-electron chi connectivity index (χ1n) is 16.8. The zero-order valence-electron chi connectivity index (χ0n) is 27.0. The van der Waals surface area contributed by atoms with Gasteiger partial charge in [-0.25, -0.2) is 9.97 Å². The van der Waals surface area contributed by atoms with Gasteiger partial charge in [0, 0.05) is 38.2 Å². The Hall–Kier alpha value is -6.78. The number of nitrogens with zero attached hydrogens (tertiary/aromatic N) is 3. The molecule has 0 radical (unpaired) electrons. The maximum absolute atomic E-state index is 6.83. The van der Waals surface area contributed by atoms with Crippen LogP contribution < -0.4 is 0 Å². The molecule has 10 rings (SSSR count). The highest BCUT2D eigenvalue weighted by molar-refractivity contribution is 6.16. The number of para-hydroxylation sites is 2. The minimum atomic E-state index is 0.688. The second kappa shape index (κ2) is 11.4. The maximum Gasteiger partial charge on any atom is 0.160 e. The summed E-state index contributed by atoms with van der Waals surface area (Å²) < 4.78 is 9.17. The molecule has 7 aromatic carbocycles. The van der Waals surface area contributed by atoms with Crippen molar-refractivity contribution in [1.29, 1.82) is 0 Å². The summed E-state index contributed by atoms with van der Waals surface area (Å²) in [4.78, 5) is 10.2. The van der Waals surface area contributed by atoms with E-state index in [-0.39, 0.29) is 0 Å². The van der Waals surface area contributed by atoms with Crippen molar-refractivity contribution in [3.63, 3.8) is 0 Å². The fourth-order valence-electron chi connectivity index (χ4n) is 7.32. The first kappa shape index (κ1) is 28.3. The number of hydrogen-bond donors (Lipinski definition) is 0. The lowest BCUT2D eigenvalue weighted by Crippen LogP contribution is -1.96. The molecule has 0 atom stereocenters. The van der Waals surface area contributed by atoms with Gasteiger partial charge in [0.2, 0.25) is 0 Å². The van der Waals surface area contributed by atoms with Gasteiger partial charge in [-0.3, -0.25) is 0 Å². The second-order valence-corrected chi connectivity index (χ2v) is 12.6. The zero-order valence-corrected chi connectivity index (χ0v) is 27.0. The van der Waals surface area contributed by atoms with E-state index in [0.29, 0.717) is 5.82 Å². The number of benzene rings is 7. The fraction of sp³-hybridized carbons (Fsp3) is 0. The van der Waals surface area contributed by atoms with Gasteiger partial charge in [0.25, 0.3) is 0 Å². The number of hydrogen-bond acceptors (Lipinski definition) is 3. The van der Waals surface area contributed by atoms with Gasteiger partial charge >= 0.3 is 0 Å². The molecule has 3 aromatic heterocycles. The molecule has 0 unspecified atom stereocenters. The molecule has 4 nitrogen and oxygen atoms in total. The molecule has 0 N–H and O–H groups in total. The molecular formula is C46H29N3O. The Morgan fingerprint density at radius 1 is 0.420 bits per heavy atom. The van der Waals surface area contributed by atoms with Gasteiger partial charge < -0.3 is 8.98 Å². The molecule has 0 aliphatic carbocycles. The van der Waals surface area contributed by atoms with E-state index in [4.69, 9.17) is 14.4 Å². The highest BCUT2D eigenvalue weighted by Gasteiger charge is 2.21. The monoisotopic (exact) mass is 639 g/mol. The lowest BCUT2D eigenvalue weighted by Gasteiger charge is -2.10. The molecule has 0 saturated heterocycles. The van der Waals surface area contributed by atoms with Gasteiger partial charge in [0.05, 0.1) is 28.1 Å². The van der Waals surface area contributed by atoms with E-state index in [9.17, 15) is 0 Å². The fourth-order valence-corrected chi connectivity index (χ4v) is 7.32. The second-order valence-electron chi connectivity index (χ2n) is 12.6. The van der Waals surface area contributed by atoms with Crippen LogP contribution in [-0.2, 0) is 0 Å². The Bertz CT molecular complexity index is 2800. The van der Waals surface area contributed by atoms with E-state index in [2.05, 4.69) is 144 Å². The van der Waals surface area contributed by atoms with Crippen molar-refractivity contribution < 1.29 is 4.42 Å². The molecule has 0 aliphatic heterocycles. The van der Waals surface area contributed by atoms with Gasteiger partial charge in [0.15, 0.2) is 11.4 Å². The summed E-state index contributed by atoms with van der Waals surface area (Å²) in [6.45, 7) is 0. The molecular weight excluding hydrogens is 611 g/mol. The van der Waals surface area contributed by atoms with Crippen LogP contribution in [0.15, 0.2) is 180 Å². The molecule has 50 heavy (non-hydrogen) atoms. The quantitative estimate of drug-likeness (QED) is 0.188. The summed E-state index contributed by atoms with van der Waals surface area (Å²) in [7, 11) is 0. The summed E-state index contributed by atoms with van der Waals surface area (Å²) in [6.07, 6.45) is 0. The minimum Gasteiger partial charge on any atom is -0.454 e. The Kier molecular flexibility index (Phi) is 6.46. The van der Waals surface area contributed by atoms with Gasteiger partial charge in [-0.2, -0.15) is 0 Å². The third kappa shape index (κ3) is 4.54. The van der Waals surface area contributed by atoms with Gasteiger partial charge in [-0.05, 0) is 47.5 Å². The largest absolute Gasteiger partial charge is 0.454 e. The molecule has 3 heterocycles. The summed E-state index contributed by atoms with van der Waals surface area (Å²) in [5.74, 6) is 0.688. The number of rotatable bonds is 5. The first-order chi connectivity index (χ1) is 24.8. The van der Waals surface area contributed by atoms with Crippen molar-refractivity contribution in [2.24, 2.45) is 0 Å². The molecule has 0 amide bonds. The van der Waals surface area contributed by atoms with Crippen LogP contribution in [0, 0.1) is 0 Å². The Balaban J connectivity index is 1.21. The van der Waals surface area contributed by atoms with Crippen molar-refractivity contribution in [2.75, 3.05) is 0 Å². The van der Waals surface area contributed by atoms with Gasteiger partial charge in [-0.15, -0.1) is 0 Å². The van der Waals surface area contributed by atoms with E-state index in [1.165, 1.54) is 21.9 Å². The van der Waals surface area contributed by atoms with Crippen molar-refractivity contribution >= 4 is 43.7 Å². The highest BCUT2D eigenvalue weighted by Crippen LogP contribution is 2.42. The van der Waals surface area contributed by atoms with E-state index in [0.717, 1.165) is 66.7 Å². The molecule has 0 bridgehead atoms. The van der Waals surface area contributed by atoms with Crippen molar-refractivity contribution in [3.05, 3.63) is 176 Å². The summed E-state index contributed by atoms with van der Waals surface area (Å²) in [5.41, 5.74) is 12.1. The molecule has 10 aromatic rings. The molecule has 0 spiro atoms. The summed E-state index contributed by atoms with van der Waals surface area (Å²) >= 11 is 0. The van der Waals surface area contributed by atoms with Gasteiger partial charge in [0.1, 0.15) is 5.58 Å². The Morgan fingerprint density at radius 3 is 1.86 bits per heavy atom. The van der Waals surface area contributed by atoms with E-state index >= 15 is 0 Å². The third-order valence-electron chi connectivity index (χ3n) is 9.63. The molecule has 4 heteroatoms. The third-order valence-corrected chi connectivity index (χ3v) is 9.63. The molecule has 234 valence electrons. The Morgan fingerprint density at radius 2 is 1.06 bits per heavy atom. The number of fused-ring (bicyclic) bond motifs is 6. The zero-order chi connectivity index (χ0) is 33.0. The van der Waals surface area contributed by atoms with Crippen LogP contribution in [0.25, 0.3) is 94.5 Å². The average molecular weight is 640 g/mol. The minimum absolute atomic E-state index is 0.688. The van der Waals surface area contributed by atoms with Crippen LogP contribution in [0.2, 0.25) is 0 Å². The molecule has 0 saturated carbocycles. The topological polar surface area (TPSA) is 43.9 Å². The van der Waals surface area contributed by atoms with Crippen molar-refractivity contribution in [3.8, 4) is 50.7 Å². The van der Waals surface area contributed by atoms with Crippen LogP contribution >= 0.6 is 0 Å². The smallest absolute Gasteiger partial charge is 0.160 e. The molecule has 0 aliphatic rings. The van der Waals surface area contributed by atoms with Gasteiger partial charge in [-0.1, -0.05) is 140 Å². The average Bonchev–Trinajstić information content (AvgIpc) is 3.74. The van der Waals surface area contributed by atoms with Crippen LogP contribution in [0.5, 0.6) is 0 Å². The molecule has 0 fully saturated rings. The lowest BCUT2D eigenvalue weighted by molar-refractivity contribution is 0.666. The highest BCUT2D eigenvalue weighted by atomic mass is 16.3. The van der Waals surface area contributed by atoms with E-state index in [1.54, 1.807) is 0 Å². The Labute approximate surface area is 288 Å². The van der Waals surface area contributed by atoms with Crippen LogP contribution in [-0.4, -0.2) is 14.5 Å². The summed E-state index contributed by atoms with van der Waals surface area (Å²) in [5, 5.41) is 4.49. The lowest BCUT2D eigenvalue weighted by atomic mass is 10.0. The van der Waals surface area contributed by atoms with Crippen LogP contribution in [0.1, 0.15) is 0 Å². The van der Waals surface area contributed by atoms with Crippen molar-refractivity contribution in [1.82, 2.24) is 14.5 Å². The predicted molar refractivity (Wildman–Crippen MR) is 205 cm³/mol. The van der Waals surface area contributed by atoms with Crippen molar-refractivity contribution in [2.45, 2.75) is 0 Å². The maximum atomic E-state index is 6.83. The first-order valence-corrected chi connectivity index (χ1v) is 16.8. The predicted octanol–water partition coefficient (Wildman–Crippen LogP) is 12.1. The van der Waals surface area contributed by atoms with Crippen LogP contribution in [0.4, 0.5) is 0 Å². The van der Waals surface area contributed by atoms with E-state index in [1.807, 2.05) is 36.4 Å². The normalized spacial score (nSPS) is 11.6. The number of furan rings is 1.